The summed E-state index contributed by atoms with van der Waals surface area (Å²) in [6.45, 7) is 2.09. The second kappa shape index (κ2) is 4.24. The van der Waals surface area contributed by atoms with Crippen LogP contribution in [0.5, 0.6) is 5.75 Å². The number of aromatic hydroxyl groups is 1. The van der Waals surface area contributed by atoms with Gasteiger partial charge in [-0.25, -0.2) is 0 Å². The first kappa shape index (κ1) is 10.5. The maximum atomic E-state index is 9.66. The van der Waals surface area contributed by atoms with Gasteiger partial charge in [0.15, 0.2) is 0 Å². The van der Waals surface area contributed by atoms with Crippen molar-refractivity contribution in [3.05, 3.63) is 29.8 Å². The molecule has 3 nitrogen and oxygen atoms in total. The molecule has 0 amide bonds. The number of nitrogens with zero attached hydrogens (tertiary/aromatic N) is 1. The molecule has 0 bridgehead atoms. The van der Waals surface area contributed by atoms with Crippen molar-refractivity contribution in [2.75, 3.05) is 6.61 Å². The average Bonchev–Trinajstić information content (AvgIpc) is 2.60. The van der Waals surface area contributed by atoms with E-state index in [4.69, 9.17) is 5.11 Å². The van der Waals surface area contributed by atoms with Crippen LogP contribution < -0.4 is 0 Å². The van der Waals surface area contributed by atoms with Gasteiger partial charge in [0.25, 0.3) is 0 Å². The van der Waals surface area contributed by atoms with Crippen LogP contribution in [0, 0.1) is 0 Å². The monoisotopic (exact) mass is 223 g/mol. The largest absolute Gasteiger partial charge is 0.507 e. The zero-order valence-electron chi connectivity index (χ0n) is 8.42. The molecule has 0 aliphatic carbocycles. The molecule has 0 fully saturated rings. The van der Waals surface area contributed by atoms with Gasteiger partial charge in [0.2, 0.25) is 0 Å². The summed E-state index contributed by atoms with van der Waals surface area (Å²) in [7, 11) is 0. The summed E-state index contributed by atoms with van der Waals surface area (Å²) in [6, 6.07) is 7.09. The highest BCUT2D eigenvalue weighted by atomic mass is 32.2. The Morgan fingerprint density at radius 2 is 2.13 bits per heavy atom. The molecule has 1 aliphatic rings. The maximum absolute atomic E-state index is 9.66. The Bertz CT molecular complexity index is 392. The predicted octanol–water partition coefficient (Wildman–Crippen LogP) is 1.64. The van der Waals surface area contributed by atoms with Gasteiger partial charge >= 0.3 is 0 Å². The number of phenolic OH excluding ortho intramolecular Hbond substituents is 1. The van der Waals surface area contributed by atoms with Crippen LogP contribution in [0.3, 0.4) is 0 Å². The van der Waals surface area contributed by atoms with Gasteiger partial charge in [0.1, 0.15) is 10.8 Å². The fourth-order valence-electron chi connectivity index (χ4n) is 1.52. The fraction of sp³-hybridized carbons (Fsp3) is 0.364. The molecular formula is C11H13NO2S. The Balaban J connectivity index is 2.30. The van der Waals surface area contributed by atoms with E-state index in [1.165, 1.54) is 0 Å². The maximum Gasteiger partial charge on any atom is 0.125 e. The molecule has 0 radical (unpaired) electrons. The van der Waals surface area contributed by atoms with Crippen LogP contribution in [0.25, 0.3) is 0 Å². The van der Waals surface area contributed by atoms with Crippen molar-refractivity contribution in [3.8, 4) is 5.75 Å². The zero-order valence-corrected chi connectivity index (χ0v) is 9.24. The molecule has 0 saturated carbocycles. The van der Waals surface area contributed by atoms with Gasteiger partial charge in [-0.05, 0) is 12.1 Å². The van der Waals surface area contributed by atoms with E-state index in [0.29, 0.717) is 0 Å². The van der Waals surface area contributed by atoms with E-state index in [0.717, 1.165) is 10.6 Å². The van der Waals surface area contributed by atoms with E-state index in [2.05, 4.69) is 4.99 Å². The highest BCUT2D eigenvalue weighted by Crippen LogP contribution is 2.32. The average molecular weight is 223 g/mol. The van der Waals surface area contributed by atoms with Gasteiger partial charge in [-0.1, -0.05) is 19.1 Å². The summed E-state index contributed by atoms with van der Waals surface area (Å²) in [5.74, 6) is 0.245. The molecule has 2 rings (SSSR count). The van der Waals surface area contributed by atoms with Crippen molar-refractivity contribution in [3.63, 3.8) is 0 Å². The number of aliphatic hydroxyl groups excluding tert-OH is 1. The Morgan fingerprint density at radius 1 is 1.40 bits per heavy atom. The summed E-state index contributed by atoms with van der Waals surface area (Å²) in [6.07, 6.45) is 0. The number of hydrogen-bond donors (Lipinski definition) is 2. The van der Waals surface area contributed by atoms with Gasteiger partial charge in [-0.2, -0.15) is 0 Å². The van der Waals surface area contributed by atoms with Crippen LogP contribution in [0.1, 0.15) is 12.5 Å². The van der Waals surface area contributed by atoms with Crippen LogP contribution in [0.2, 0.25) is 0 Å². The predicted molar refractivity (Wildman–Crippen MR) is 62.6 cm³/mol. The Labute approximate surface area is 92.9 Å². The van der Waals surface area contributed by atoms with Crippen LogP contribution in [0.4, 0.5) is 0 Å². The van der Waals surface area contributed by atoms with Gasteiger partial charge < -0.3 is 10.2 Å². The number of aliphatic imine (C=N–C) groups is 1. The van der Waals surface area contributed by atoms with Crippen molar-refractivity contribution in [2.24, 2.45) is 4.99 Å². The van der Waals surface area contributed by atoms with Gasteiger partial charge in [-0.15, -0.1) is 11.8 Å². The minimum Gasteiger partial charge on any atom is -0.507 e. The van der Waals surface area contributed by atoms with Crippen LogP contribution in [-0.2, 0) is 0 Å². The minimum atomic E-state index is -0.0513. The molecule has 80 valence electrons. The van der Waals surface area contributed by atoms with Crippen LogP contribution in [-0.4, -0.2) is 33.2 Å². The fourth-order valence-corrected chi connectivity index (χ4v) is 2.67. The molecule has 1 aromatic rings. The minimum absolute atomic E-state index is 0.0513. The molecule has 2 N–H and O–H groups in total. The lowest BCUT2D eigenvalue weighted by molar-refractivity contribution is 0.268. The second-order valence-electron chi connectivity index (χ2n) is 3.52. The molecule has 15 heavy (non-hydrogen) atoms. The SMILES string of the molecule is CC1SC(c2ccccc2O)=NC1CO. The lowest BCUT2D eigenvalue weighted by Gasteiger charge is -2.06. The number of phenols is 1. The van der Waals surface area contributed by atoms with Crippen molar-refractivity contribution in [1.82, 2.24) is 0 Å². The Hall–Kier alpha value is -1.00. The van der Waals surface area contributed by atoms with Gasteiger partial charge in [0.05, 0.1) is 12.6 Å². The Morgan fingerprint density at radius 3 is 2.73 bits per heavy atom. The van der Waals surface area contributed by atoms with E-state index in [1.807, 2.05) is 19.1 Å². The van der Waals surface area contributed by atoms with E-state index >= 15 is 0 Å². The third-order valence-electron chi connectivity index (χ3n) is 2.44. The van der Waals surface area contributed by atoms with Gasteiger partial charge in [0, 0.05) is 10.8 Å². The first-order chi connectivity index (χ1) is 7.22. The molecule has 2 unspecified atom stereocenters. The molecule has 0 spiro atoms. The quantitative estimate of drug-likeness (QED) is 0.801. The smallest absolute Gasteiger partial charge is 0.125 e. The molecule has 4 heteroatoms. The number of aliphatic hydroxyl groups is 1. The molecule has 1 aromatic carbocycles. The molecule has 1 heterocycles. The normalized spacial score (nSPS) is 25.3. The first-order valence-corrected chi connectivity index (χ1v) is 5.74. The van der Waals surface area contributed by atoms with E-state index in [9.17, 15) is 5.11 Å². The number of rotatable bonds is 2. The molecule has 1 aliphatic heterocycles. The molecular weight excluding hydrogens is 210 g/mol. The third-order valence-corrected chi connectivity index (χ3v) is 3.68. The highest BCUT2D eigenvalue weighted by molar-refractivity contribution is 8.15. The second-order valence-corrected chi connectivity index (χ2v) is 4.89. The summed E-state index contributed by atoms with van der Waals surface area (Å²) in [5.41, 5.74) is 0.755. The van der Waals surface area contributed by atoms with Crippen molar-refractivity contribution < 1.29 is 10.2 Å². The summed E-state index contributed by atoms with van der Waals surface area (Å²) in [5, 5.41) is 19.8. The molecule has 2 atom stereocenters. The van der Waals surface area contributed by atoms with Crippen molar-refractivity contribution >= 4 is 16.8 Å². The van der Waals surface area contributed by atoms with Crippen molar-refractivity contribution in [1.29, 1.82) is 0 Å². The summed E-state index contributed by atoms with van der Waals surface area (Å²) < 4.78 is 0. The number of para-hydroxylation sites is 1. The number of thioether (sulfide) groups is 1. The van der Waals surface area contributed by atoms with E-state index < -0.39 is 0 Å². The third kappa shape index (κ3) is 2.01. The summed E-state index contributed by atoms with van der Waals surface area (Å²) >= 11 is 1.60. The van der Waals surface area contributed by atoms with E-state index in [1.54, 1.807) is 23.9 Å². The summed E-state index contributed by atoms with van der Waals surface area (Å²) in [4.78, 5) is 4.39. The standard InChI is InChI=1S/C11H13NO2S/c1-7-9(6-13)12-11(15-7)8-4-2-3-5-10(8)14/h2-5,7,9,13-14H,6H2,1H3. The molecule has 0 aromatic heterocycles. The zero-order chi connectivity index (χ0) is 10.8. The van der Waals surface area contributed by atoms with Crippen LogP contribution in [0.15, 0.2) is 29.3 Å². The number of hydrogen-bond acceptors (Lipinski definition) is 4. The van der Waals surface area contributed by atoms with Crippen LogP contribution >= 0.6 is 11.8 Å². The lowest BCUT2D eigenvalue weighted by Crippen LogP contribution is -2.17. The first-order valence-electron chi connectivity index (χ1n) is 4.86. The van der Waals surface area contributed by atoms with E-state index in [-0.39, 0.29) is 23.6 Å². The lowest BCUT2D eigenvalue weighted by atomic mass is 10.2. The van der Waals surface area contributed by atoms with Crippen molar-refractivity contribution in [2.45, 2.75) is 18.2 Å². The molecule has 0 saturated heterocycles. The Kier molecular flexibility index (Phi) is 2.98. The topological polar surface area (TPSA) is 52.8 Å². The number of benzene rings is 1. The highest BCUT2D eigenvalue weighted by Gasteiger charge is 2.27. The van der Waals surface area contributed by atoms with Gasteiger partial charge in [-0.3, -0.25) is 4.99 Å².